The van der Waals surface area contributed by atoms with Gasteiger partial charge in [-0.15, -0.1) is 13.2 Å². The molecule has 12 heteroatoms. The van der Waals surface area contributed by atoms with E-state index in [2.05, 4.69) is 4.74 Å². The number of piperazine rings is 1. The second-order valence-electron chi connectivity index (χ2n) is 6.70. The summed E-state index contributed by atoms with van der Waals surface area (Å²) in [6, 6.07) is 12.4. The number of ether oxygens (including phenoxy) is 2. The molecule has 32 heavy (non-hydrogen) atoms. The highest BCUT2D eigenvalue weighted by Gasteiger charge is 2.32. The molecular weight excluding hydrogens is 451 g/mol. The summed E-state index contributed by atoms with van der Waals surface area (Å²) >= 11 is 0. The minimum Gasteiger partial charge on any atom is -0.482 e. The first kappa shape index (κ1) is 23.4. The predicted molar refractivity (Wildman–Crippen MR) is 105 cm³/mol. The lowest BCUT2D eigenvalue weighted by molar-refractivity contribution is -0.274. The SMILES string of the molecule is N#Cc1ccccc1OCC(=O)N1CCN(S(=O)(=O)c2ccc(OC(F)(F)F)cc2)CC1. The number of sulfonamides is 1. The van der Waals surface area contributed by atoms with Crippen LogP contribution in [-0.4, -0.2) is 62.7 Å². The summed E-state index contributed by atoms with van der Waals surface area (Å²) in [5.74, 6) is -0.601. The van der Waals surface area contributed by atoms with Gasteiger partial charge in [0.05, 0.1) is 10.5 Å². The average molecular weight is 469 g/mol. The molecule has 170 valence electrons. The maximum absolute atomic E-state index is 12.7. The second kappa shape index (κ2) is 9.46. The van der Waals surface area contributed by atoms with Gasteiger partial charge in [-0.3, -0.25) is 4.79 Å². The Kier molecular flexibility index (Phi) is 6.90. The molecule has 1 saturated heterocycles. The molecule has 1 fully saturated rings. The van der Waals surface area contributed by atoms with Crippen molar-refractivity contribution in [3.05, 3.63) is 54.1 Å². The molecule has 0 saturated carbocycles. The average Bonchev–Trinajstić information content (AvgIpc) is 2.77. The van der Waals surface area contributed by atoms with Gasteiger partial charge in [0, 0.05) is 26.2 Å². The zero-order valence-corrected chi connectivity index (χ0v) is 17.4. The molecule has 1 aliphatic rings. The standard InChI is InChI=1S/C20H18F3N3O5S/c21-20(22,23)31-16-5-7-17(8-6-16)32(28,29)26-11-9-25(10-12-26)19(27)14-30-18-4-2-1-3-15(18)13-24/h1-8H,9-12,14H2. The molecule has 0 spiro atoms. The van der Waals surface area contributed by atoms with Crippen LogP contribution in [0.1, 0.15) is 5.56 Å². The Bertz CT molecular complexity index is 1110. The van der Waals surface area contributed by atoms with Crippen molar-refractivity contribution in [3.8, 4) is 17.6 Å². The first-order chi connectivity index (χ1) is 15.1. The molecule has 2 aromatic carbocycles. The summed E-state index contributed by atoms with van der Waals surface area (Å²) in [5, 5.41) is 9.05. The Morgan fingerprint density at radius 2 is 1.66 bits per heavy atom. The molecule has 1 amide bonds. The lowest BCUT2D eigenvalue weighted by atomic mass is 10.2. The largest absolute Gasteiger partial charge is 0.573 e. The number of hydrogen-bond donors (Lipinski definition) is 0. The summed E-state index contributed by atoms with van der Waals surface area (Å²) in [5.41, 5.74) is 0.294. The van der Waals surface area contributed by atoms with E-state index < -0.39 is 22.1 Å². The summed E-state index contributed by atoms with van der Waals surface area (Å²) in [4.78, 5) is 13.7. The Morgan fingerprint density at radius 1 is 1.03 bits per heavy atom. The van der Waals surface area contributed by atoms with Crippen LogP contribution in [0.15, 0.2) is 53.4 Å². The summed E-state index contributed by atoms with van der Waals surface area (Å²) in [6.07, 6.45) is -4.87. The highest BCUT2D eigenvalue weighted by molar-refractivity contribution is 7.89. The predicted octanol–water partition coefficient (Wildman–Crippen LogP) is 2.37. The molecule has 1 aliphatic heterocycles. The van der Waals surface area contributed by atoms with Crippen LogP contribution in [0.3, 0.4) is 0 Å². The molecule has 0 aromatic heterocycles. The van der Waals surface area contributed by atoms with Crippen molar-refractivity contribution in [3.63, 3.8) is 0 Å². The van der Waals surface area contributed by atoms with Crippen molar-refractivity contribution in [1.82, 2.24) is 9.21 Å². The topological polar surface area (TPSA) is 99.9 Å². The van der Waals surface area contributed by atoms with E-state index in [-0.39, 0.29) is 49.3 Å². The van der Waals surface area contributed by atoms with Crippen LogP contribution in [0.4, 0.5) is 13.2 Å². The molecule has 0 radical (unpaired) electrons. The first-order valence-corrected chi connectivity index (χ1v) is 10.8. The first-order valence-electron chi connectivity index (χ1n) is 9.36. The lowest BCUT2D eigenvalue weighted by Crippen LogP contribution is -2.51. The molecule has 0 N–H and O–H groups in total. The van der Waals surface area contributed by atoms with Crippen LogP contribution in [0.5, 0.6) is 11.5 Å². The van der Waals surface area contributed by atoms with Gasteiger partial charge in [-0.05, 0) is 36.4 Å². The summed E-state index contributed by atoms with van der Waals surface area (Å²) in [7, 11) is -3.94. The minimum atomic E-state index is -4.87. The number of amides is 1. The third kappa shape index (κ3) is 5.68. The fourth-order valence-electron chi connectivity index (χ4n) is 3.06. The lowest BCUT2D eigenvalue weighted by Gasteiger charge is -2.34. The Hall–Kier alpha value is -3.30. The summed E-state index contributed by atoms with van der Waals surface area (Å²) < 4.78 is 72.6. The number of nitrogens with zero attached hydrogens (tertiary/aromatic N) is 3. The second-order valence-corrected chi connectivity index (χ2v) is 8.64. The van der Waals surface area contributed by atoms with E-state index in [1.165, 1.54) is 4.90 Å². The van der Waals surface area contributed by atoms with E-state index in [9.17, 15) is 26.4 Å². The highest BCUT2D eigenvalue weighted by atomic mass is 32.2. The maximum atomic E-state index is 12.7. The minimum absolute atomic E-state index is 0.0175. The van der Waals surface area contributed by atoms with E-state index >= 15 is 0 Å². The van der Waals surface area contributed by atoms with Crippen molar-refractivity contribution in [2.45, 2.75) is 11.3 Å². The van der Waals surface area contributed by atoms with Crippen LogP contribution in [0.25, 0.3) is 0 Å². The number of rotatable bonds is 6. The molecule has 3 rings (SSSR count). The van der Waals surface area contributed by atoms with Crippen molar-refractivity contribution in [1.29, 1.82) is 5.26 Å². The van der Waals surface area contributed by atoms with Gasteiger partial charge in [0.15, 0.2) is 6.61 Å². The third-order valence-corrected chi connectivity index (χ3v) is 6.56. The van der Waals surface area contributed by atoms with Gasteiger partial charge in [0.2, 0.25) is 10.0 Å². The van der Waals surface area contributed by atoms with Gasteiger partial charge >= 0.3 is 6.36 Å². The number of alkyl halides is 3. The van der Waals surface area contributed by atoms with E-state index in [4.69, 9.17) is 10.00 Å². The zero-order valence-electron chi connectivity index (χ0n) is 16.6. The third-order valence-electron chi connectivity index (χ3n) is 4.65. The van der Waals surface area contributed by atoms with Crippen molar-refractivity contribution in [2.75, 3.05) is 32.8 Å². The number of benzene rings is 2. The van der Waals surface area contributed by atoms with Crippen LogP contribution < -0.4 is 9.47 Å². The maximum Gasteiger partial charge on any atom is 0.573 e. The quantitative estimate of drug-likeness (QED) is 0.644. The van der Waals surface area contributed by atoms with Gasteiger partial charge in [0.25, 0.3) is 5.91 Å². The Morgan fingerprint density at radius 3 is 2.25 bits per heavy atom. The fourth-order valence-corrected chi connectivity index (χ4v) is 4.48. The van der Waals surface area contributed by atoms with Gasteiger partial charge in [-0.2, -0.15) is 9.57 Å². The molecule has 0 unspecified atom stereocenters. The molecule has 2 aromatic rings. The van der Waals surface area contributed by atoms with E-state index in [1.807, 2.05) is 6.07 Å². The van der Waals surface area contributed by atoms with Gasteiger partial charge in [-0.25, -0.2) is 8.42 Å². The van der Waals surface area contributed by atoms with Crippen LogP contribution in [-0.2, 0) is 14.8 Å². The normalized spacial score (nSPS) is 15.1. The van der Waals surface area contributed by atoms with Crippen molar-refractivity contribution >= 4 is 15.9 Å². The van der Waals surface area contributed by atoms with Crippen molar-refractivity contribution in [2.24, 2.45) is 0 Å². The van der Waals surface area contributed by atoms with Crippen LogP contribution in [0, 0.1) is 11.3 Å². The number of carbonyl (C=O) groups is 1. The zero-order chi connectivity index (χ0) is 23.4. The number of nitriles is 1. The van der Waals surface area contributed by atoms with Gasteiger partial charge < -0.3 is 14.4 Å². The molecule has 0 bridgehead atoms. The van der Waals surface area contributed by atoms with E-state index in [0.717, 1.165) is 28.6 Å². The molecule has 0 atom stereocenters. The van der Waals surface area contributed by atoms with Crippen LogP contribution >= 0.6 is 0 Å². The molecule has 1 heterocycles. The van der Waals surface area contributed by atoms with E-state index in [1.54, 1.807) is 24.3 Å². The van der Waals surface area contributed by atoms with E-state index in [0.29, 0.717) is 5.56 Å². The summed E-state index contributed by atoms with van der Waals surface area (Å²) in [6.45, 7) is -0.0212. The molecular formula is C20H18F3N3O5S. The fraction of sp³-hybridized carbons (Fsp3) is 0.300. The van der Waals surface area contributed by atoms with Gasteiger partial charge in [-0.1, -0.05) is 12.1 Å². The highest BCUT2D eigenvalue weighted by Crippen LogP contribution is 2.25. The molecule has 8 nitrogen and oxygen atoms in total. The Labute approximate surface area is 182 Å². The smallest absolute Gasteiger partial charge is 0.482 e. The molecule has 0 aliphatic carbocycles. The van der Waals surface area contributed by atoms with Crippen molar-refractivity contribution < 1.29 is 35.9 Å². The number of para-hydroxylation sites is 1. The Balaban J connectivity index is 1.56. The monoisotopic (exact) mass is 469 g/mol. The van der Waals surface area contributed by atoms with Gasteiger partial charge in [0.1, 0.15) is 17.6 Å². The number of halogens is 3. The number of carbonyl (C=O) groups excluding carboxylic acids is 1. The van der Waals surface area contributed by atoms with Crippen LogP contribution in [0.2, 0.25) is 0 Å². The number of hydrogen-bond acceptors (Lipinski definition) is 6.